The van der Waals surface area contributed by atoms with Gasteiger partial charge in [0.25, 0.3) is 5.91 Å². The van der Waals surface area contributed by atoms with E-state index in [9.17, 15) is 9.59 Å². The molecule has 0 bridgehead atoms. The predicted molar refractivity (Wildman–Crippen MR) is 135 cm³/mol. The minimum atomic E-state index is -0.656. The van der Waals surface area contributed by atoms with E-state index in [1.54, 1.807) is 31.3 Å². The zero-order valence-electron chi connectivity index (χ0n) is 20.5. The second-order valence-corrected chi connectivity index (χ2v) is 9.04. The maximum Gasteiger partial charge on any atom is 0.290 e. The van der Waals surface area contributed by atoms with Crippen LogP contribution in [0.25, 0.3) is 11.0 Å². The van der Waals surface area contributed by atoms with Crippen molar-refractivity contribution in [3.8, 4) is 11.5 Å². The number of rotatable bonds is 10. The van der Waals surface area contributed by atoms with Crippen molar-refractivity contribution in [2.24, 2.45) is 0 Å². The van der Waals surface area contributed by atoms with Gasteiger partial charge in [-0.3, -0.25) is 9.59 Å². The van der Waals surface area contributed by atoms with Gasteiger partial charge >= 0.3 is 0 Å². The molecule has 1 aliphatic rings. The number of nitrogens with zero attached hydrogens (tertiary/aromatic N) is 1. The SMILES string of the molecule is CCCCCOc1ccc(C2c3c(oc4cc(C)c(Cl)cc4c3=O)C(=O)N2CCOC)cc1OC. The summed E-state index contributed by atoms with van der Waals surface area (Å²) in [7, 11) is 3.14. The molecule has 0 N–H and O–H groups in total. The van der Waals surface area contributed by atoms with Crippen LogP contribution in [-0.4, -0.2) is 44.8 Å². The van der Waals surface area contributed by atoms with Crippen LogP contribution < -0.4 is 14.9 Å². The number of methoxy groups -OCH3 is 2. The molecule has 0 radical (unpaired) electrons. The Bertz CT molecular complexity index is 1300. The van der Waals surface area contributed by atoms with Crippen molar-refractivity contribution in [1.82, 2.24) is 4.90 Å². The second kappa shape index (κ2) is 10.7. The van der Waals surface area contributed by atoms with Crippen molar-refractivity contribution >= 4 is 28.5 Å². The fraction of sp³-hybridized carbons (Fsp3) is 0.407. The predicted octanol–water partition coefficient (Wildman–Crippen LogP) is 5.52. The van der Waals surface area contributed by atoms with Gasteiger partial charge in [-0.05, 0) is 48.7 Å². The number of benzene rings is 2. The average Bonchev–Trinajstić information content (AvgIpc) is 3.13. The standard InChI is InChI=1S/C27H30ClNO6/c1-5-6-7-11-34-20-9-8-17(14-22(20)33-4)24-23-25(30)18-15-19(28)16(2)13-21(18)35-26(23)27(31)29(24)10-12-32-3/h8-9,13-15,24H,5-7,10-12H2,1-4H3. The van der Waals surface area contributed by atoms with E-state index >= 15 is 0 Å². The Kier molecular flexibility index (Phi) is 7.67. The quantitative estimate of drug-likeness (QED) is 0.341. The van der Waals surface area contributed by atoms with Gasteiger partial charge in [-0.15, -0.1) is 0 Å². The fourth-order valence-corrected chi connectivity index (χ4v) is 4.58. The molecule has 2 aromatic carbocycles. The lowest BCUT2D eigenvalue weighted by Gasteiger charge is -2.25. The van der Waals surface area contributed by atoms with Crippen LogP contribution in [-0.2, 0) is 4.74 Å². The number of halogens is 1. The molecule has 186 valence electrons. The molecule has 2 heterocycles. The van der Waals surface area contributed by atoms with Gasteiger partial charge in [0.15, 0.2) is 16.9 Å². The van der Waals surface area contributed by atoms with Crippen LogP contribution in [0.4, 0.5) is 0 Å². The molecule has 1 amide bonds. The Morgan fingerprint density at radius 3 is 2.57 bits per heavy atom. The highest BCUT2D eigenvalue weighted by Gasteiger charge is 2.42. The van der Waals surface area contributed by atoms with Gasteiger partial charge in [0.2, 0.25) is 5.76 Å². The molecule has 1 aromatic heterocycles. The summed E-state index contributed by atoms with van der Waals surface area (Å²) in [6.07, 6.45) is 3.14. The summed E-state index contributed by atoms with van der Waals surface area (Å²) < 4.78 is 22.7. The topological polar surface area (TPSA) is 78.2 Å². The first kappa shape index (κ1) is 25.1. The molecular weight excluding hydrogens is 470 g/mol. The Balaban J connectivity index is 1.82. The minimum Gasteiger partial charge on any atom is -0.493 e. The minimum absolute atomic E-state index is 0.0455. The van der Waals surface area contributed by atoms with E-state index in [-0.39, 0.29) is 29.2 Å². The molecule has 0 fully saturated rings. The third-order valence-electron chi connectivity index (χ3n) is 6.29. The first-order valence-electron chi connectivity index (χ1n) is 11.8. The van der Waals surface area contributed by atoms with Crippen LogP contribution in [0.1, 0.15) is 59.5 Å². The van der Waals surface area contributed by atoms with Crippen molar-refractivity contribution in [1.29, 1.82) is 0 Å². The summed E-state index contributed by atoms with van der Waals surface area (Å²) in [5, 5.41) is 0.807. The Morgan fingerprint density at radius 2 is 1.86 bits per heavy atom. The van der Waals surface area contributed by atoms with Crippen LogP contribution >= 0.6 is 11.6 Å². The zero-order valence-corrected chi connectivity index (χ0v) is 21.2. The third kappa shape index (κ3) is 4.75. The van der Waals surface area contributed by atoms with E-state index in [0.29, 0.717) is 40.7 Å². The number of ether oxygens (including phenoxy) is 3. The number of hydrogen-bond donors (Lipinski definition) is 0. The number of amides is 1. The summed E-state index contributed by atoms with van der Waals surface area (Å²) >= 11 is 6.30. The maximum absolute atomic E-state index is 13.7. The van der Waals surface area contributed by atoms with Crippen molar-refractivity contribution in [3.05, 3.63) is 68.0 Å². The maximum atomic E-state index is 13.7. The van der Waals surface area contributed by atoms with Crippen LogP contribution in [0.3, 0.4) is 0 Å². The lowest BCUT2D eigenvalue weighted by molar-refractivity contribution is 0.0663. The van der Waals surface area contributed by atoms with E-state index < -0.39 is 6.04 Å². The average molecular weight is 500 g/mol. The number of unbranched alkanes of at least 4 members (excludes halogenated alkanes) is 2. The summed E-state index contributed by atoms with van der Waals surface area (Å²) in [4.78, 5) is 28.7. The van der Waals surface area contributed by atoms with E-state index in [4.69, 9.17) is 30.2 Å². The van der Waals surface area contributed by atoms with Crippen molar-refractivity contribution in [2.75, 3.05) is 34.0 Å². The number of hydrogen-bond acceptors (Lipinski definition) is 6. The molecule has 1 atom stereocenters. The molecule has 35 heavy (non-hydrogen) atoms. The number of carbonyl (C=O) groups excluding carboxylic acids is 1. The summed E-state index contributed by atoms with van der Waals surface area (Å²) in [5.41, 5.74) is 1.83. The fourth-order valence-electron chi connectivity index (χ4n) is 4.42. The molecule has 1 unspecified atom stereocenters. The van der Waals surface area contributed by atoms with Crippen molar-refractivity contribution in [3.63, 3.8) is 0 Å². The molecule has 0 spiro atoms. The highest BCUT2D eigenvalue weighted by Crippen LogP contribution is 2.41. The van der Waals surface area contributed by atoms with Gasteiger partial charge < -0.3 is 23.5 Å². The number of carbonyl (C=O) groups is 1. The Morgan fingerprint density at radius 1 is 1.06 bits per heavy atom. The highest BCUT2D eigenvalue weighted by atomic mass is 35.5. The molecule has 0 saturated heterocycles. The first-order valence-corrected chi connectivity index (χ1v) is 12.2. The number of aryl methyl sites for hydroxylation is 1. The monoisotopic (exact) mass is 499 g/mol. The molecule has 7 nitrogen and oxygen atoms in total. The molecule has 4 rings (SSSR count). The van der Waals surface area contributed by atoms with Crippen LogP contribution in [0.2, 0.25) is 5.02 Å². The van der Waals surface area contributed by atoms with Crippen LogP contribution in [0.5, 0.6) is 11.5 Å². The van der Waals surface area contributed by atoms with Gasteiger partial charge in [-0.1, -0.05) is 37.4 Å². The Hall–Kier alpha value is -3.03. The third-order valence-corrected chi connectivity index (χ3v) is 6.70. The smallest absolute Gasteiger partial charge is 0.290 e. The van der Waals surface area contributed by atoms with Gasteiger partial charge in [-0.25, -0.2) is 0 Å². The van der Waals surface area contributed by atoms with Crippen LogP contribution in [0.15, 0.2) is 39.5 Å². The molecule has 3 aromatic rings. The van der Waals surface area contributed by atoms with E-state index in [2.05, 4.69) is 6.92 Å². The van der Waals surface area contributed by atoms with Crippen molar-refractivity contribution in [2.45, 2.75) is 39.2 Å². The molecule has 0 saturated carbocycles. The lowest BCUT2D eigenvalue weighted by Crippen LogP contribution is -2.32. The van der Waals surface area contributed by atoms with Crippen LogP contribution in [0, 0.1) is 6.92 Å². The normalized spacial score (nSPS) is 15.1. The largest absolute Gasteiger partial charge is 0.493 e. The van der Waals surface area contributed by atoms with Gasteiger partial charge in [0, 0.05) is 18.7 Å². The molecular formula is C27H30ClNO6. The van der Waals surface area contributed by atoms with E-state index in [1.165, 1.54) is 0 Å². The lowest BCUT2D eigenvalue weighted by atomic mass is 9.98. The van der Waals surface area contributed by atoms with Gasteiger partial charge in [0.1, 0.15) is 5.58 Å². The second-order valence-electron chi connectivity index (χ2n) is 8.63. The van der Waals surface area contributed by atoms with Gasteiger partial charge in [0.05, 0.1) is 37.3 Å². The first-order chi connectivity index (χ1) is 16.9. The summed E-state index contributed by atoms with van der Waals surface area (Å²) in [6, 6.07) is 8.12. The molecule has 8 heteroatoms. The summed E-state index contributed by atoms with van der Waals surface area (Å²) in [6.45, 7) is 5.15. The Labute approximate surface area is 209 Å². The van der Waals surface area contributed by atoms with Gasteiger partial charge in [-0.2, -0.15) is 0 Å². The summed E-state index contributed by atoms with van der Waals surface area (Å²) in [5.74, 6) is 0.847. The molecule has 1 aliphatic heterocycles. The van der Waals surface area contributed by atoms with E-state index in [0.717, 1.165) is 30.4 Å². The molecule has 0 aliphatic carbocycles. The highest BCUT2D eigenvalue weighted by molar-refractivity contribution is 6.32. The van der Waals surface area contributed by atoms with Crippen molar-refractivity contribution < 1.29 is 23.4 Å². The number of fused-ring (bicyclic) bond motifs is 2. The van der Waals surface area contributed by atoms with E-state index in [1.807, 2.05) is 25.1 Å². The zero-order chi connectivity index (χ0) is 25.1.